The van der Waals surface area contributed by atoms with Crippen LogP contribution in [0.4, 0.5) is 0 Å². The molecule has 0 bridgehead atoms. The van der Waals surface area contributed by atoms with Gasteiger partial charge in [0.25, 0.3) is 0 Å². The van der Waals surface area contributed by atoms with E-state index in [2.05, 4.69) is 0 Å². The van der Waals surface area contributed by atoms with Crippen molar-refractivity contribution >= 4 is 29.3 Å². The highest BCUT2D eigenvalue weighted by atomic mass is 35.5. The maximum Gasteiger partial charge on any atom is 0.339 e. The van der Waals surface area contributed by atoms with Gasteiger partial charge in [0.1, 0.15) is 11.3 Å². The monoisotopic (exact) mass is 282 g/mol. The molecule has 0 saturated carbocycles. The Hall–Kier alpha value is -1.39. The molecule has 0 fully saturated rings. The van der Waals surface area contributed by atoms with Gasteiger partial charge in [-0.3, -0.25) is 0 Å². The van der Waals surface area contributed by atoms with Crippen LogP contribution in [0.25, 0.3) is 0 Å². The fourth-order valence-electron chi connectivity index (χ4n) is 1.51. The highest BCUT2D eigenvalue weighted by molar-refractivity contribution is 7.97. The first kappa shape index (κ1) is 13.1. The van der Waals surface area contributed by atoms with Crippen molar-refractivity contribution in [1.82, 2.24) is 0 Å². The zero-order valence-electron chi connectivity index (χ0n) is 9.43. The van der Waals surface area contributed by atoms with Gasteiger partial charge in [0.15, 0.2) is 0 Å². The summed E-state index contributed by atoms with van der Waals surface area (Å²) >= 11 is 7.60. The second kappa shape index (κ2) is 5.98. The fourth-order valence-corrected chi connectivity index (χ4v) is 2.78. The average Bonchev–Trinajstić information content (AvgIpc) is 2.80. The van der Waals surface area contributed by atoms with Crippen LogP contribution in [0.1, 0.15) is 21.7 Å². The Labute approximate surface area is 114 Å². The molecule has 5 heteroatoms. The molecule has 1 aromatic carbocycles. The van der Waals surface area contributed by atoms with Crippen LogP contribution in [0.5, 0.6) is 0 Å². The zero-order valence-corrected chi connectivity index (χ0v) is 11.0. The van der Waals surface area contributed by atoms with Crippen molar-refractivity contribution in [2.45, 2.75) is 11.5 Å². The van der Waals surface area contributed by atoms with E-state index in [1.165, 1.54) is 12.3 Å². The summed E-state index contributed by atoms with van der Waals surface area (Å²) in [5.41, 5.74) is 1.26. The predicted molar refractivity (Wildman–Crippen MR) is 72.1 cm³/mol. The smallest absolute Gasteiger partial charge is 0.339 e. The van der Waals surface area contributed by atoms with Gasteiger partial charge in [-0.1, -0.05) is 29.8 Å². The first-order chi connectivity index (χ1) is 8.68. The van der Waals surface area contributed by atoms with E-state index in [4.69, 9.17) is 21.1 Å². The molecule has 0 aliphatic heterocycles. The zero-order chi connectivity index (χ0) is 13.0. The van der Waals surface area contributed by atoms with Crippen molar-refractivity contribution in [3.05, 3.63) is 58.5 Å². The lowest BCUT2D eigenvalue weighted by Gasteiger charge is -2.03. The molecular formula is C13H11ClO3S. The molecule has 0 unspecified atom stereocenters. The number of hydrogen-bond donors (Lipinski definition) is 1. The third kappa shape index (κ3) is 3.09. The van der Waals surface area contributed by atoms with E-state index in [0.717, 1.165) is 16.3 Å². The molecule has 2 rings (SSSR count). The van der Waals surface area contributed by atoms with E-state index >= 15 is 0 Å². The molecule has 1 N–H and O–H groups in total. The number of benzene rings is 1. The second-order valence-corrected chi connectivity index (χ2v) is 5.04. The van der Waals surface area contributed by atoms with E-state index < -0.39 is 5.97 Å². The summed E-state index contributed by atoms with van der Waals surface area (Å²) in [6.45, 7) is 0. The van der Waals surface area contributed by atoms with Gasteiger partial charge in [0.05, 0.1) is 12.0 Å². The standard InChI is InChI=1S/C13H11ClO3S/c14-11-4-2-1-3-9(11)7-18-8-12-10(13(15)16)5-6-17-12/h1-6H,7-8H2,(H,15,16). The van der Waals surface area contributed by atoms with Crippen LogP contribution in [0, 0.1) is 0 Å². The third-order valence-corrected chi connectivity index (χ3v) is 3.77. The highest BCUT2D eigenvalue weighted by Crippen LogP contribution is 2.24. The normalized spacial score (nSPS) is 10.5. The minimum atomic E-state index is -0.961. The molecule has 3 nitrogen and oxygen atoms in total. The molecule has 0 spiro atoms. The summed E-state index contributed by atoms with van der Waals surface area (Å²) in [4.78, 5) is 10.9. The minimum Gasteiger partial charge on any atom is -0.478 e. The molecule has 2 aromatic rings. The molecule has 0 radical (unpaired) electrons. The van der Waals surface area contributed by atoms with Gasteiger partial charge >= 0.3 is 5.97 Å². The van der Waals surface area contributed by atoms with Crippen LogP contribution in [-0.2, 0) is 11.5 Å². The van der Waals surface area contributed by atoms with Crippen molar-refractivity contribution in [2.75, 3.05) is 0 Å². The molecule has 94 valence electrons. The van der Waals surface area contributed by atoms with Gasteiger partial charge in [0, 0.05) is 10.8 Å². The first-order valence-electron chi connectivity index (χ1n) is 5.29. The Balaban J connectivity index is 1.95. The van der Waals surface area contributed by atoms with Crippen LogP contribution < -0.4 is 0 Å². The summed E-state index contributed by atoms with van der Waals surface area (Å²) in [7, 11) is 0. The number of halogens is 1. The lowest BCUT2D eigenvalue weighted by Crippen LogP contribution is -1.97. The van der Waals surface area contributed by atoms with Crippen molar-refractivity contribution < 1.29 is 14.3 Å². The largest absolute Gasteiger partial charge is 0.478 e. The maximum atomic E-state index is 10.9. The number of aromatic carboxylic acids is 1. The average molecular weight is 283 g/mol. The Morgan fingerprint density at radius 3 is 2.78 bits per heavy atom. The number of carbonyl (C=O) groups is 1. The van der Waals surface area contributed by atoms with Crippen LogP contribution in [0.3, 0.4) is 0 Å². The molecule has 1 heterocycles. The molecule has 18 heavy (non-hydrogen) atoms. The fraction of sp³-hybridized carbons (Fsp3) is 0.154. The van der Waals surface area contributed by atoms with E-state index in [-0.39, 0.29) is 5.56 Å². The Kier molecular flexibility index (Phi) is 4.33. The summed E-state index contributed by atoms with van der Waals surface area (Å²) in [5, 5.41) is 9.65. The van der Waals surface area contributed by atoms with Crippen molar-refractivity contribution in [2.24, 2.45) is 0 Å². The van der Waals surface area contributed by atoms with Crippen LogP contribution >= 0.6 is 23.4 Å². The summed E-state index contributed by atoms with van der Waals surface area (Å²) in [6.07, 6.45) is 1.40. The highest BCUT2D eigenvalue weighted by Gasteiger charge is 2.13. The molecule has 0 aliphatic carbocycles. The quantitative estimate of drug-likeness (QED) is 0.898. The summed E-state index contributed by atoms with van der Waals surface area (Å²) in [5.74, 6) is 0.760. The van der Waals surface area contributed by atoms with Gasteiger partial charge < -0.3 is 9.52 Å². The van der Waals surface area contributed by atoms with E-state index in [1.807, 2.05) is 24.3 Å². The molecule has 0 amide bonds. The Bertz CT molecular complexity index is 551. The number of carboxylic acids is 1. The van der Waals surface area contributed by atoms with Gasteiger partial charge in [0.2, 0.25) is 0 Å². The van der Waals surface area contributed by atoms with Gasteiger partial charge in [-0.2, -0.15) is 0 Å². The lowest BCUT2D eigenvalue weighted by molar-refractivity contribution is 0.0695. The van der Waals surface area contributed by atoms with Crippen LogP contribution in [0.2, 0.25) is 5.02 Å². The second-order valence-electron chi connectivity index (χ2n) is 3.65. The number of hydrogen-bond acceptors (Lipinski definition) is 3. The summed E-state index contributed by atoms with van der Waals surface area (Å²) in [6, 6.07) is 9.07. The predicted octanol–water partition coefficient (Wildman–Crippen LogP) is 4.06. The topological polar surface area (TPSA) is 50.4 Å². The van der Waals surface area contributed by atoms with Gasteiger partial charge in [-0.05, 0) is 17.7 Å². The van der Waals surface area contributed by atoms with Gasteiger partial charge in [-0.15, -0.1) is 11.8 Å². The number of thioether (sulfide) groups is 1. The molecule has 0 atom stereocenters. The van der Waals surface area contributed by atoms with E-state index in [1.54, 1.807) is 11.8 Å². The number of furan rings is 1. The maximum absolute atomic E-state index is 10.9. The van der Waals surface area contributed by atoms with Crippen LogP contribution in [0.15, 0.2) is 41.0 Å². The third-order valence-electron chi connectivity index (χ3n) is 2.42. The minimum absolute atomic E-state index is 0.224. The van der Waals surface area contributed by atoms with Crippen molar-refractivity contribution in [1.29, 1.82) is 0 Å². The number of carboxylic acid groups (broad SMARTS) is 1. The Morgan fingerprint density at radius 2 is 2.06 bits per heavy atom. The SMILES string of the molecule is O=C(O)c1ccoc1CSCc1ccccc1Cl. The Morgan fingerprint density at radius 1 is 1.28 bits per heavy atom. The van der Waals surface area contributed by atoms with E-state index in [0.29, 0.717) is 11.5 Å². The van der Waals surface area contributed by atoms with Crippen molar-refractivity contribution in [3.8, 4) is 0 Å². The lowest BCUT2D eigenvalue weighted by atomic mass is 10.2. The van der Waals surface area contributed by atoms with E-state index in [9.17, 15) is 4.79 Å². The van der Waals surface area contributed by atoms with Crippen molar-refractivity contribution in [3.63, 3.8) is 0 Å². The summed E-state index contributed by atoms with van der Waals surface area (Å²) < 4.78 is 5.16. The first-order valence-corrected chi connectivity index (χ1v) is 6.82. The molecule has 1 aromatic heterocycles. The number of rotatable bonds is 5. The molecule has 0 aliphatic rings. The molecular weight excluding hydrogens is 272 g/mol. The molecule has 0 saturated heterocycles. The van der Waals surface area contributed by atoms with Crippen LogP contribution in [-0.4, -0.2) is 11.1 Å². The van der Waals surface area contributed by atoms with Gasteiger partial charge in [-0.25, -0.2) is 4.79 Å².